The van der Waals surface area contributed by atoms with Crippen molar-refractivity contribution < 1.29 is 14.3 Å². The van der Waals surface area contributed by atoms with Crippen molar-refractivity contribution >= 4 is 11.9 Å². The summed E-state index contributed by atoms with van der Waals surface area (Å²) in [5.41, 5.74) is 1.51. The Hall–Kier alpha value is -2.54. The molecule has 0 spiro atoms. The summed E-state index contributed by atoms with van der Waals surface area (Å²) in [6, 6.07) is 9.63. The second-order valence-corrected chi connectivity index (χ2v) is 5.11. The van der Waals surface area contributed by atoms with Gasteiger partial charge in [-0.25, -0.2) is 0 Å². The van der Waals surface area contributed by atoms with Gasteiger partial charge in [-0.05, 0) is 38.0 Å². The number of hydrogen-bond donors (Lipinski definition) is 1. The Morgan fingerprint density at radius 3 is 2.61 bits per heavy atom. The van der Waals surface area contributed by atoms with Crippen molar-refractivity contribution in [3.63, 3.8) is 0 Å². The molecule has 0 aliphatic heterocycles. The van der Waals surface area contributed by atoms with Gasteiger partial charge in [0.1, 0.15) is 0 Å². The van der Waals surface area contributed by atoms with Crippen molar-refractivity contribution in [2.45, 2.75) is 32.6 Å². The van der Waals surface area contributed by atoms with Crippen LogP contribution in [0.1, 0.15) is 38.2 Å². The maximum absolute atomic E-state index is 11.9. The van der Waals surface area contributed by atoms with Crippen molar-refractivity contribution in [2.75, 3.05) is 13.7 Å². The molecule has 1 aromatic rings. The molecule has 4 nitrogen and oxygen atoms in total. The van der Waals surface area contributed by atoms with Gasteiger partial charge in [0.25, 0.3) is 0 Å². The van der Waals surface area contributed by atoms with E-state index < -0.39 is 0 Å². The van der Waals surface area contributed by atoms with Crippen LogP contribution in [0.4, 0.5) is 0 Å². The SMILES string of the molecule is COC(=O)CCCCCNC(=O)C(C)=CC#Cc1ccccc1. The number of amides is 1. The Morgan fingerprint density at radius 1 is 1.17 bits per heavy atom. The van der Waals surface area contributed by atoms with Gasteiger partial charge in [-0.1, -0.05) is 36.5 Å². The Morgan fingerprint density at radius 2 is 1.91 bits per heavy atom. The maximum atomic E-state index is 11.9. The first-order valence-electron chi connectivity index (χ1n) is 7.72. The number of allylic oxidation sites excluding steroid dienone is 1. The lowest BCUT2D eigenvalue weighted by Gasteiger charge is -2.04. The highest BCUT2D eigenvalue weighted by atomic mass is 16.5. The van der Waals surface area contributed by atoms with Crippen LogP contribution >= 0.6 is 0 Å². The molecule has 0 fully saturated rings. The van der Waals surface area contributed by atoms with Gasteiger partial charge in [0.2, 0.25) is 5.91 Å². The van der Waals surface area contributed by atoms with Crippen LogP contribution in [0.25, 0.3) is 0 Å². The summed E-state index contributed by atoms with van der Waals surface area (Å²) in [5, 5.41) is 2.84. The third-order valence-corrected chi connectivity index (χ3v) is 3.21. The van der Waals surface area contributed by atoms with E-state index in [1.165, 1.54) is 7.11 Å². The minimum Gasteiger partial charge on any atom is -0.469 e. The molecule has 0 radical (unpaired) electrons. The molecular formula is C19H23NO3. The molecule has 0 heterocycles. The normalized spacial score (nSPS) is 10.4. The monoisotopic (exact) mass is 313 g/mol. The zero-order chi connectivity index (χ0) is 16.9. The Kier molecular flexibility index (Phi) is 8.92. The molecule has 0 atom stereocenters. The van der Waals surface area contributed by atoms with Crippen LogP contribution in [0, 0.1) is 11.8 Å². The number of methoxy groups -OCH3 is 1. The summed E-state index contributed by atoms with van der Waals surface area (Å²) in [5.74, 6) is 5.57. The number of nitrogens with one attached hydrogen (secondary N) is 1. The summed E-state index contributed by atoms with van der Waals surface area (Å²) in [7, 11) is 1.39. The van der Waals surface area contributed by atoms with Gasteiger partial charge in [0.05, 0.1) is 7.11 Å². The van der Waals surface area contributed by atoms with Gasteiger partial charge in [0.15, 0.2) is 0 Å². The van der Waals surface area contributed by atoms with Crippen LogP contribution in [0.5, 0.6) is 0 Å². The third-order valence-electron chi connectivity index (χ3n) is 3.21. The van der Waals surface area contributed by atoms with Gasteiger partial charge >= 0.3 is 5.97 Å². The summed E-state index contributed by atoms with van der Waals surface area (Å²) >= 11 is 0. The molecule has 0 aliphatic carbocycles. The molecule has 1 rings (SSSR count). The van der Waals surface area contributed by atoms with Crippen molar-refractivity contribution in [2.24, 2.45) is 0 Å². The summed E-state index contributed by atoms with van der Waals surface area (Å²) < 4.78 is 4.57. The molecule has 0 unspecified atom stereocenters. The van der Waals surface area contributed by atoms with E-state index in [0.29, 0.717) is 18.5 Å². The van der Waals surface area contributed by atoms with E-state index in [1.807, 2.05) is 30.3 Å². The van der Waals surface area contributed by atoms with Crippen molar-refractivity contribution in [1.29, 1.82) is 0 Å². The van der Waals surface area contributed by atoms with Gasteiger partial charge < -0.3 is 10.1 Å². The minimum absolute atomic E-state index is 0.111. The molecule has 0 aromatic heterocycles. The lowest BCUT2D eigenvalue weighted by Crippen LogP contribution is -2.25. The van der Waals surface area contributed by atoms with Gasteiger partial charge in [-0.3, -0.25) is 9.59 Å². The fraction of sp³-hybridized carbons (Fsp3) is 0.368. The molecule has 1 aromatic carbocycles. The number of benzene rings is 1. The molecule has 0 bridgehead atoms. The number of carbonyl (C=O) groups is 2. The molecular weight excluding hydrogens is 290 g/mol. The van der Waals surface area contributed by atoms with Gasteiger partial charge in [-0.15, -0.1) is 0 Å². The number of hydrogen-bond acceptors (Lipinski definition) is 3. The first-order chi connectivity index (χ1) is 11.1. The first kappa shape index (κ1) is 18.5. The largest absolute Gasteiger partial charge is 0.469 e. The highest BCUT2D eigenvalue weighted by Gasteiger charge is 2.03. The Balaban J connectivity index is 2.25. The molecule has 1 amide bonds. The van der Waals surface area contributed by atoms with E-state index in [2.05, 4.69) is 21.9 Å². The Bertz CT molecular complexity index is 594. The van der Waals surface area contributed by atoms with Crippen LogP contribution in [0.3, 0.4) is 0 Å². The lowest BCUT2D eigenvalue weighted by atomic mass is 10.2. The topological polar surface area (TPSA) is 55.4 Å². The van der Waals surface area contributed by atoms with E-state index >= 15 is 0 Å². The average molecular weight is 313 g/mol. The average Bonchev–Trinajstić information content (AvgIpc) is 2.58. The smallest absolute Gasteiger partial charge is 0.305 e. The molecule has 1 N–H and O–H groups in total. The highest BCUT2D eigenvalue weighted by Crippen LogP contribution is 2.01. The zero-order valence-corrected chi connectivity index (χ0v) is 13.7. The van der Waals surface area contributed by atoms with E-state index in [0.717, 1.165) is 24.8 Å². The molecule has 0 aliphatic rings. The predicted molar refractivity (Wildman–Crippen MR) is 90.6 cm³/mol. The van der Waals surface area contributed by atoms with Crippen molar-refractivity contribution in [3.05, 3.63) is 47.5 Å². The minimum atomic E-state index is -0.190. The van der Waals surface area contributed by atoms with Crippen molar-refractivity contribution in [3.8, 4) is 11.8 Å². The van der Waals surface area contributed by atoms with Crippen LogP contribution in [0.2, 0.25) is 0 Å². The number of esters is 1. The van der Waals surface area contributed by atoms with Crippen molar-refractivity contribution in [1.82, 2.24) is 5.32 Å². The quantitative estimate of drug-likeness (QED) is 0.364. The second kappa shape index (κ2) is 11.1. The fourth-order valence-electron chi connectivity index (χ4n) is 1.83. The maximum Gasteiger partial charge on any atom is 0.305 e. The van der Waals surface area contributed by atoms with Crippen LogP contribution in [-0.2, 0) is 14.3 Å². The van der Waals surface area contributed by atoms with Gasteiger partial charge in [-0.2, -0.15) is 0 Å². The first-order valence-corrected chi connectivity index (χ1v) is 7.72. The van der Waals surface area contributed by atoms with E-state index in [4.69, 9.17) is 0 Å². The number of carbonyl (C=O) groups excluding carboxylic acids is 2. The Labute approximate surface area is 137 Å². The van der Waals surface area contributed by atoms with Crippen LogP contribution in [0.15, 0.2) is 42.0 Å². The number of ether oxygens (including phenoxy) is 1. The third kappa shape index (κ3) is 8.47. The van der Waals surface area contributed by atoms with Gasteiger partial charge in [0, 0.05) is 24.1 Å². The molecule has 4 heteroatoms. The highest BCUT2D eigenvalue weighted by molar-refractivity contribution is 5.93. The van der Waals surface area contributed by atoms with E-state index in [9.17, 15) is 9.59 Å². The summed E-state index contributed by atoms with van der Waals surface area (Å²) in [4.78, 5) is 22.8. The summed E-state index contributed by atoms with van der Waals surface area (Å²) in [6.07, 6.45) is 4.55. The molecule has 23 heavy (non-hydrogen) atoms. The zero-order valence-electron chi connectivity index (χ0n) is 13.7. The van der Waals surface area contributed by atoms with E-state index in [1.54, 1.807) is 13.0 Å². The molecule has 122 valence electrons. The summed E-state index contributed by atoms with van der Waals surface area (Å²) in [6.45, 7) is 2.34. The number of unbranched alkanes of at least 4 members (excludes halogenated alkanes) is 2. The molecule has 0 saturated carbocycles. The van der Waals surface area contributed by atoms with E-state index in [-0.39, 0.29) is 11.9 Å². The molecule has 0 saturated heterocycles. The van der Waals surface area contributed by atoms with Crippen LogP contribution < -0.4 is 5.32 Å². The number of rotatable bonds is 7. The standard InChI is InChI=1S/C19H23NO3/c1-16(10-9-13-17-11-5-3-6-12-17)19(22)20-15-8-4-7-14-18(21)23-2/h3,5-6,10-12H,4,7-8,14-15H2,1-2H3,(H,20,22). The lowest BCUT2D eigenvalue weighted by molar-refractivity contribution is -0.140. The van der Waals surface area contributed by atoms with Crippen LogP contribution in [-0.4, -0.2) is 25.5 Å². The predicted octanol–water partition coefficient (Wildman–Crippen LogP) is 2.83. The second-order valence-electron chi connectivity index (χ2n) is 5.11. The fourth-order valence-corrected chi connectivity index (χ4v) is 1.83.